The molecule has 3 rings (SSSR count). The maximum atomic E-state index is 12.6. The normalized spacial score (nSPS) is 10.8. The molecule has 0 fully saturated rings. The molecule has 31 heavy (non-hydrogen) atoms. The van der Waals surface area contributed by atoms with Crippen LogP contribution in [0.1, 0.15) is 20.7 Å². The summed E-state index contributed by atoms with van der Waals surface area (Å²) in [6, 6.07) is 18.0. The second-order valence-corrected chi connectivity index (χ2v) is 8.37. The summed E-state index contributed by atoms with van der Waals surface area (Å²) in [5.41, 5.74) is 5.26. The van der Waals surface area contributed by atoms with Crippen molar-refractivity contribution in [1.29, 1.82) is 0 Å². The first kappa shape index (κ1) is 22.1. The third kappa shape index (κ3) is 5.53. The molecule has 2 amide bonds. The first-order valence-electron chi connectivity index (χ1n) is 8.92. The van der Waals surface area contributed by atoms with Gasteiger partial charge in [-0.05, 0) is 54.6 Å². The molecule has 0 atom stereocenters. The van der Waals surface area contributed by atoms with Gasteiger partial charge in [0.2, 0.25) is 0 Å². The number of para-hydroxylation sites is 2. The minimum Gasteiger partial charge on any atom is -0.495 e. The Labute approximate surface area is 184 Å². The predicted octanol–water partition coefficient (Wildman–Crippen LogP) is 3.22. The molecule has 3 aromatic rings. The van der Waals surface area contributed by atoms with E-state index in [0.29, 0.717) is 10.8 Å². The number of rotatable bonds is 6. The number of benzene rings is 3. The number of hydrogen-bond donors (Lipinski definition) is 3. The fraction of sp³-hybridized carbons (Fsp3) is 0.0476. The summed E-state index contributed by atoms with van der Waals surface area (Å²) in [5.74, 6) is -0.786. The molecule has 0 aliphatic heterocycles. The summed E-state index contributed by atoms with van der Waals surface area (Å²) in [4.78, 5) is 24.3. The van der Waals surface area contributed by atoms with Crippen molar-refractivity contribution >= 4 is 39.1 Å². The maximum absolute atomic E-state index is 12.6. The standard InChI is InChI=1S/C21H18ClN3O5S/c1-30-19-8-3-2-7-18(19)25-31(28,29)17-11-9-14(10-12-17)20(26)23-24-21(27)15-5-4-6-16(22)13-15/h2-13,25H,1H3,(H,23,26)(H,24,27). The number of carbonyl (C=O) groups is 2. The van der Waals surface area contributed by atoms with E-state index in [2.05, 4.69) is 15.6 Å². The highest BCUT2D eigenvalue weighted by atomic mass is 35.5. The van der Waals surface area contributed by atoms with Gasteiger partial charge in [-0.3, -0.25) is 25.2 Å². The van der Waals surface area contributed by atoms with Gasteiger partial charge in [0, 0.05) is 16.1 Å². The maximum Gasteiger partial charge on any atom is 0.269 e. The Bertz CT molecular complexity index is 1210. The van der Waals surface area contributed by atoms with Crippen LogP contribution in [-0.2, 0) is 10.0 Å². The number of anilines is 1. The van der Waals surface area contributed by atoms with E-state index < -0.39 is 21.8 Å². The third-order valence-electron chi connectivity index (χ3n) is 4.15. The third-order valence-corrected chi connectivity index (χ3v) is 5.77. The lowest BCUT2D eigenvalue weighted by Crippen LogP contribution is -2.41. The Hall–Kier alpha value is -3.56. The van der Waals surface area contributed by atoms with E-state index in [1.807, 2.05) is 0 Å². The van der Waals surface area contributed by atoms with Gasteiger partial charge in [-0.2, -0.15) is 0 Å². The highest BCUT2D eigenvalue weighted by Gasteiger charge is 2.17. The summed E-state index contributed by atoms with van der Waals surface area (Å²) < 4.78 is 32.8. The molecule has 0 saturated heterocycles. The molecular weight excluding hydrogens is 442 g/mol. The van der Waals surface area contributed by atoms with Crippen LogP contribution in [0.4, 0.5) is 5.69 Å². The van der Waals surface area contributed by atoms with Gasteiger partial charge in [0.15, 0.2) is 0 Å². The lowest BCUT2D eigenvalue weighted by molar-refractivity contribution is 0.0846. The number of methoxy groups -OCH3 is 1. The van der Waals surface area contributed by atoms with Gasteiger partial charge in [-0.15, -0.1) is 0 Å². The van der Waals surface area contributed by atoms with Gasteiger partial charge in [0.1, 0.15) is 5.75 Å². The van der Waals surface area contributed by atoms with Crippen LogP contribution < -0.4 is 20.3 Å². The number of carbonyl (C=O) groups excluding carboxylic acids is 2. The fourth-order valence-electron chi connectivity index (χ4n) is 2.61. The van der Waals surface area contributed by atoms with E-state index >= 15 is 0 Å². The molecule has 0 bridgehead atoms. The highest BCUT2D eigenvalue weighted by molar-refractivity contribution is 7.92. The van der Waals surface area contributed by atoms with Gasteiger partial charge in [-0.1, -0.05) is 29.8 Å². The van der Waals surface area contributed by atoms with E-state index in [1.165, 1.54) is 37.4 Å². The Balaban J connectivity index is 1.66. The molecule has 0 unspecified atom stereocenters. The van der Waals surface area contributed by atoms with Crippen molar-refractivity contribution in [2.24, 2.45) is 0 Å². The van der Waals surface area contributed by atoms with Gasteiger partial charge in [0.05, 0.1) is 17.7 Å². The van der Waals surface area contributed by atoms with Crippen molar-refractivity contribution in [3.05, 3.63) is 88.9 Å². The van der Waals surface area contributed by atoms with Crippen molar-refractivity contribution in [3.63, 3.8) is 0 Å². The zero-order valence-corrected chi connectivity index (χ0v) is 17.8. The van der Waals surface area contributed by atoms with E-state index in [4.69, 9.17) is 16.3 Å². The van der Waals surface area contributed by atoms with Crippen molar-refractivity contribution in [3.8, 4) is 5.75 Å². The van der Waals surface area contributed by atoms with Crippen molar-refractivity contribution in [2.45, 2.75) is 4.90 Å². The first-order valence-corrected chi connectivity index (χ1v) is 10.8. The predicted molar refractivity (Wildman–Crippen MR) is 117 cm³/mol. The summed E-state index contributed by atoms with van der Waals surface area (Å²) in [6.45, 7) is 0. The van der Waals surface area contributed by atoms with E-state index in [1.54, 1.807) is 42.5 Å². The van der Waals surface area contributed by atoms with E-state index in [-0.39, 0.29) is 21.7 Å². The number of nitrogens with one attached hydrogen (secondary N) is 3. The molecule has 160 valence electrons. The van der Waals surface area contributed by atoms with Crippen molar-refractivity contribution < 1.29 is 22.7 Å². The van der Waals surface area contributed by atoms with Crippen LogP contribution in [0.2, 0.25) is 5.02 Å². The summed E-state index contributed by atoms with van der Waals surface area (Å²) in [5, 5.41) is 0.387. The average Bonchev–Trinajstić information content (AvgIpc) is 2.77. The molecule has 3 aromatic carbocycles. The lowest BCUT2D eigenvalue weighted by atomic mass is 10.2. The molecule has 8 nitrogen and oxygen atoms in total. The molecule has 0 heterocycles. The Kier molecular flexibility index (Phi) is 6.78. The van der Waals surface area contributed by atoms with Gasteiger partial charge in [0.25, 0.3) is 21.8 Å². The minimum absolute atomic E-state index is 0.0436. The Morgan fingerprint density at radius 2 is 1.48 bits per heavy atom. The number of amides is 2. The number of sulfonamides is 1. The fourth-order valence-corrected chi connectivity index (χ4v) is 3.87. The zero-order valence-electron chi connectivity index (χ0n) is 16.3. The minimum atomic E-state index is -3.90. The average molecular weight is 460 g/mol. The molecule has 0 radical (unpaired) electrons. The Morgan fingerprint density at radius 3 is 2.13 bits per heavy atom. The van der Waals surface area contributed by atoms with Crippen LogP contribution in [0.25, 0.3) is 0 Å². The molecule has 0 saturated carbocycles. The molecule has 3 N–H and O–H groups in total. The van der Waals surface area contributed by atoms with Crippen molar-refractivity contribution in [1.82, 2.24) is 10.9 Å². The van der Waals surface area contributed by atoms with Crippen LogP contribution in [-0.4, -0.2) is 27.3 Å². The van der Waals surface area contributed by atoms with Crippen molar-refractivity contribution in [2.75, 3.05) is 11.8 Å². The number of ether oxygens (including phenoxy) is 1. The molecular formula is C21H18ClN3O5S. The largest absolute Gasteiger partial charge is 0.495 e. The van der Waals surface area contributed by atoms with Gasteiger partial charge in [-0.25, -0.2) is 8.42 Å². The molecule has 0 aromatic heterocycles. The number of hydrogen-bond acceptors (Lipinski definition) is 5. The number of halogens is 1. The quantitative estimate of drug-likeness (QED) is 0.490. The monoisotopic (exact) mass is 459 g/mol. The summed E-state index contributed by atoms with van der Waals surface area (Å²) in [7, 11) is -2.46. The van der Waals surface area contributed by atoms with E-state index in [0.717, 1.165) is 0 Å². The SMILES string of the molecule is COc1ccccc1NS(=O)(=O)c1ccc(C(=O)NNC(=O)c2cccc(Cl)c2)cc1. The van der Waals surface area contributed by atoms with Crippen LogP contribution in [0.3, 0.4) is 0 Å². The lowest BCUT2D eigenvalue weighted by Gasteiger charge is -2.12. The molecule has 10 heteroatoms. The van der Waals surface area contributed by atoms with Gasteiger partial charge >= 0.3 is 0 Å². The Morgan fingerprint density at radius 1 is 0.839 bits per heavy atom. The zero-order chi connectivity index (χ0) is 22.4. The second-order valence-electron chi connectivity index (χ2n) is 6.25. The van der Waals surface area contributed by atoms with Crippen LogP contribution >= 0.6 is 11.6 Å². The van der Waals surface area contributed by atoms with Crippen LogP contribution in [0.15, 0.2) is 77.7 Å². The molecule has 0 aliphatic carbocycles. The van der Waals surface area contributed by atoms with E-state index in [9.17, 15) is 18.0 Å². The molecule has 0 aliphatic rings. The van der Waals surface area contributed by atoms with Gasteiger partial charge < -0.3 is 4.74 Å². The second kappa shape index (κ2) is 9.50. The highest BCUT2D eigenvalue weighted by Crippen LogP contribution is 2.26. The topological polar surface area (TPSA) is 114 Å². The first-order chi connectivity index (χ1) is 14.8. The summed E-state index contributed by atoms with van der Waals surface area (Å²) >= 11 is 5.84. The number of hydrazine groups is 1. The summed E-state index contributed by atoms with van der Waals surface area (Å²) in [6.07, 6.45) is 0. The molecule has 0 spiro atoms. The van der Waals surface area contributed by atoms with Crippen LogP contribution in [0, 0.1) is 0 Å². The van der Waals surface area contributed by atoms with Crippen LogP contribution in [0.5, 0.6) is 5.75 Å². The smallest absolute Gasteiger partial charge is 0.269 e.